The average molecular weight is 299 g/mol. The van der Waals surface area contributed by atoms with E-state index < -0.39 is 0 Å². The summed E-state index contributed by atoms with van der Waals surface area (Å²) in [6.07, 6.45) is 8.16. The van der Waals surface area contributed by atoms with Gasteiger partial charge in [0.05, 0.1) is 17.8 Å². The third-order valence-corrected chi connectivity index (χ3v) is 4.80. The summed E-state index contributed by atoms with van der Waals surface area (Å²) < 4.78 is 0. The van der Waals surface area contributed by atoms with Crippen LogP contribution in [-0.2, 0) is 19.4 Å². The molecule has 3 aromatic heterocycles. The fourth-order valence-corrected chi connectivity index (χ4v) is 3.71. The Hall–Kier alpha value is -2.28. The van der Waals surface area contributed by atoms with E-state index in [2.05, 4.69) is 25.3 Å². The number of aromatic amines is 1. The predicted molar refractivity (Wildman–Crippen MR) is 79.2 cm³/mol. The summed E-state index contributed by atoms with van der Waals surface area (Å²) in [6.45, 7) is 0.469. The second kappa shape index (κ2) is 4.92. The van der Waals surface area contributed by atoms with Gasteiger partial charge in [0.1, 0.15) is 17.0 Å². The van der Waals surface area contributed by atoms with Gasteiger partial charge in [0.2, 0.25) is 0 Å². The highest BCUT2D eigenvalue weighted by molar-refractivity contribution is 7.11. The average Bonchev–Trinajstić information content (AvgIpc) is 3.18. The van der Waals surface area contributed by atoms with Crippen molar-refractivity contribution in [2.45, 2.75) is 25.8 Å². The Balaban J connectivity index is 1.50. The maximum absolute atomic E-state index is 12.3. The van der Waals surface area contributed by atoms with Crippen molar-refractivity contribution < 1.29 is 4.79 Å². The first-order chi connectivity index (χ1) is 10.3. The van der Waals surface area contributed by atoms with Crippen molar-refractivity contribution in [2.75, 3.05) is 0 Å². The molecule has 0 bridgehead atoms. The number of thiazole rings is 1. The van der Waals surface area contributed by atoms with Gasteiger partial charge in [0.15, 0.2) is 0 Å². The number of nitrogens with zero attached hydrogens (tertiary/aromatic N) is 3. The molecular formula is C14H13N5OS. The number of fused-ring (bicyclic) bond motifs is 2. The van der Waals surface area contributed by atoms with Crippen LogP contribution in [0.1, 0.15) is 32.4 Å². The van der Waals surface area contributed by atoms with E-state index in [1.54, 1.807) is 23.7 Å². The normalized spacial score (nSPS) is 13.5. The molecule has 0 unspecified atom stereocenters. The second-order valence-corrected chi connectivity index (χ2v) is 6.17. The summed E-state index contributed by atoms with van der Waals surface area (Å²) in [4.78, 5) is 29.2. The Labute approximate surface area is 124 Å². The Morgan fingerprint density at radius 2 is 2.38 bits per heavy atom. The monoisotopic (exact) mass is 299 g/mol. The third-order valence-electron chi connectivity index (χ3n) is 3.64. The third kappa shape index (κ3) is 2.19. The summed E-state index contributed by atoms with van der Waals surface area (Å²) in [5, 5.41) is 4.62. The molecule has 7 heteroatoms. The maximum Gasteiger partial charge on any atom is 0.253 e. The standard InChI is InChI=1S/C14H13N5OS/c20-14(9-5-16-13-8(9)4-15-7-18-13)17-6-12-19-10-2-1-3-11(10)21-12/h4-5,7H,1-3,6H2,(H,17,20)(H,15,16,18). The largest absolute Gasteiger partial charge is 0.345 e. The first kappa shape index (κ1) is 12.5. The molecule has 0 aromatic carbocycles. The minimum Gasteiger partial charge on any atom is -0.345 e. The highest BCUT2D eigenvalue weighted by Crippen LogP contribution is 2.27. The molecule has 0 saturated carbocycles. The van der Waals surface area contributed by atoms with E-state index in [4.69, 9.17) is 0 Å². The molecule has 1 aliphatic carbocycles. The fourth-order valence-electron chi connectivity index (χ4n) is 2.62. The van der Waals surface area contributed by atoms with Crippen LogP contribution < -0.4 is 5.32 Å². The Kier molecular flexibility index (Phi) is 2.92. The van der Waals surface area contributed by atoms with Gasteiger partial charge in [0, 0.05) is 22.7 Å². The van der Waals surface area contributed by atoms with Crippen LogP contribution in [0.4, 0.5) is 0 Å². The number of amides is 1. The van der Waals surface area contributed by atoms with E-state index in [9.17, 15) is 4.79 Å². The Morgan fingerprint density at radius 3 is 3.29 bits per heavy atom. The van der Waals surface area contributed by atoms with Crippen LogP contribution in [0, 0.1) is 0 Å². The lowest BCUT2D eigenvalue weighted by atomic mass is 10.2. The number of carbonyl (C=O) groups is 1. The van der Waals surface area contributed by atoms with Gasteiger partial charge in [-0.1, -0.05) is 0 Å². The van der Waals surface area contributed by atoms with E-state index in [1.807, 2.05) is 0 Å². The summed E-state index contributed by atoms with van der Waals surface area (Å²) in [5.74, 6) is -0.133. The van der Waals surface area contributed by atoms with Crippen molar-refractivity contribution in [1.29, 1.82) is 0 Å². The summed E-state index contributed by atoms with van der Waals surface area (Å²) >= 11 is 1.71. The van der Waals surface area contributed by atoms with Gasteiger partial charge < -0.3 is 10.3 Å². The number of hydrogen-bond acceptors (Lipinski definition) is 5. The molecule has 0 saturated heterocycles. The molecule has 3 heterocycles. The Morgan fingerprint density at radius 1 is 1.43 bits per heavy atom. The summed E-state index contributed by atoms with van der Waals surface area (Å²) in [6, 6.07) is 0. The molecule has 106 valence electrons. The predicted octanol–water partition coefficient (Wildman–Crippen LogP) is 1.83. The molecule has 21 heavy (non-hydrogen) atoms. The summed E-state index contributed by atoms with van der Waals surface area (Å²) in [7, 11) is 0. The SMILES string of the molecule is O=C(NCc1nc2c(s1)CCC2)c1c[nH]c2ncncc12. The van der Waals surface area contributed by atoms with Gasteiger partial charge in [-0.3, -0.25) is 4.79 Å². The van der Waals surface area contributed by atoms with Gasteiger partial charge in [-0.25, -0.2) is 15.0 Å². The fraction of sp³-hybridized carbons (Fsp3) is 0.286. The lowest BCUT2D eigenvalue weighted by Gasteiger charge is -2.01. The minimum atomic E-state index is -0.133. The maximum atomic E-state index is 12.3. The molecule has 0 atom stereocenters. The lowest BCUT2D eigenvalue weighted by Crippen LogP contribution is -2.22. The van der Waals surface area contributed by atoms with E-state index in [0.717, 1.165) is 23.2 Å². The topological polar surface area (TPSA) is 83.6 Å². The van der Waals surface area contributed by atoms with E-state index in [-0.39, 0.29) is 5.91 Å². The van der Waals surface area contributed by atoms with Gasteiger partial charge in [-0.2, -0.15) is 0 Å². The number of aromatic nitrogens is 4. The van der Waals surface area contributed by atoms with Crippen LogP contribution in [0.25, 0.3) is 11.0 Å². The minimum absolute atomic E-state index is 0.133. The zero-order valence-corrected chi connectivity index (χ0v) is 12.0. The zero-order chi connectivity index (χ0) is 14.2. The van der Waals surface area contributed by atoms with Crippen molar-refractivity contribution in [1.82, 2.24) is 25.3 Å². The number of rotatable bonds is 3. The lowest BCUT2D eigenvalue weighted by molar-refractivity contribution is 0.0952. The van der Waals surface area contributed by atoms with Crippen molar-refractivity contribution in [3.05, 3.63) is 39.9 Å². The van der Waals surface area contributed by atoms with Crippen LogP contribution in [0.5, 0.6) is 0 Å². The van der Waals surface area contributed by atoms with Gasteiger partial charge in [-0.05, 0) is 19.3 Å². The first-order valence-corrected chi connectivity index (χ1v) is 7.65. The van der Waals surface area contributed by atoms with Crippen LogP contribution in [0.3, 0.4) is 0 Å². The van der Waals surface area contributed by atoms with Crippen molar-refractivity contribution in [2.24, 2.45) is 0 Å². The molecule has 0 aliphatic heterocycles. The molecule has 6 nitrogen and oxygen atoms in total. The second-order valence-electron chi connectivity index (χ2n) is 5.00. The van der Waals surface area contributed by atoms with E-state index in [1.165, 1.54) is 23.3 Å². The number of hydrogen-bond donors (Lipinski definition) is 2. The smallest absolute Gasteiger partial charge is 0.253 e. The molecule has 3 aromatic rings. The van der Waals surface area contributed by atoms with E-state index in [0.29, 0.717) is 17.8 Å². The highest BCUT2D eigenvalue weighted by atomic mass is 32.1. The molecule has 0 fully saturated rings. The molecule has 4 rings (SSSR count). The molecule has 0 radical (unpaired) electrons. The Bertz CT molecular complexity index is 800. The summed E-state index contributed by atoms with van der Waals surface area (Å²) in [5.41, 5.74) is 2.45. The van der Waals surface area contributed by atoms with Gasteiger partial charge >= 0.3 is 0 Å². The zero-order valence-electron chi connectivity index (χ0n) is 11.2. The molecule has 2 N–H and O–H groups in total. The first-order valence-electron chi connectivity index (χ1n) is 6.84. The van der Waals surface area contributed by atoms with Gasteiger partial charge in [-0.15, -0.1) is 11.3 Å². The number of aryl methyl sites for hydroxylation is 2. The highest BCUT2D eigenvalue weighted by Gasteiger charge is 2.18. The van der Waals surface area contributed by atoms with Gasteiger partial charge in [0.25, 0.3) is 5.91 Å². The number of nitrogens with one attached hydrogen (secondary N) is 2. The van der Waals surface area contributed by atoms with Crippen LogP contribution in [0.15, 0.2) is 18.7 Å². The molecule has 0 spiro atoms. The number of H-pyrrole nitrogens is 1. The molecule has 1 aliphatic rings. The molecule has 1 amide bonds. The number of carbonyl (C=O) groups excluding carboxylic acids is 1. The quantitative estimate of drug-likeness (QED) is 0.773. The van der Waals surface area contributed by atoms with Crippen molar-refractivity contribution in [3.8, 4) is 0 Å². The van der Waals surface area contributed by atoms with Crippen molar-refractivity contribution >= 4 is 28.3 Å². The van der Waals surface area contributed by atoms with Crippen LogP contribution in [0.2, 0.25) is 0 Å². The molecular weight excluding hydrogens is 286 g/mol. The van der Waals surface area contributed by atoms with E-state index >= 15 is 0 Å². The van der Waals surface area contributed by atoms with Crippen LogP contribution in [-0.4, -0.2) is 25.8 Å². The van der Waals surface area contributed by atoms with Crippen molar-refractivity contribution in [3.63, 3.8) is 0 Å². The van der Waals surface area contributed by atoms with Crippen LogP contribution >= 0.6 is 11.3 Å².